The second-order valence-electron chi connectivity index (χ2n) is 2.70. The van der Waals surface area contributed by atoms with Gasteiger partial charge in [0.1, 0.15) is 11.6 Å². The third kappa shape index (κ3) is 2.50. The van der Waals surface area contributed by atoms with E-state index in [0.717, 1.165) is 12.1 Å². The summed E-state index contributed by atoms with van der Waals surface area (Å²) < 4.78 is 32.0. The molecule has 0 aliphatic heterocycles. The van der Waals surface area contributed by atoms with Crippen LogP contribution in [0.15, 0.2) is 12.1 Å². The third-order valence-electron chi connectivity index (χ3n) is 1.68. The highest BCUT2D eigenvalue weighted by molar-refractivity contribution is 7.78. The molecule has 0 bridgehead atoms. The van der Waals surface area contributed by atoms with Crippen molar-refractivity contribution < 1.29 is 23.4 Å². The average Bonchev–Trinajstić information content (AvgIpc) is 2.01. The Bertz CT molecular complexity index is 343. The molecule has 0 aromatic heterocycles. The molecule has 0 aliphatic carbocycles. The summed E-state index contributed by atoms with van der Waals surface area (Å²) in [4.78, 5) is 0. The number of halogens is 1. The molecule has 1 atom stereocenters. The highest BCUT2D eigenvalue weighted by Crippen LogP contribution is 2.23. The first-order chi connectivity index (χ1) is 6.54. The quantitative estimate of drug-likeness (QED) is 0.657. The lowest BCUT2D eigenvalue weighted by atomic mass is 10.1. The van der Waals surface area contributed by atoms with Crippen LogP contribution >= 0.6 is 0 Å². The molecule has 0 amide bonds. The SMILES string of the molecule is O=S(O)Cc1cc(O)c(CO)c(F)c1. The molecular formula is C8H9FO4S. The van der Waals surface area contributed by atoms with Gasteiger partial charge in [-0.1, -0.05) is 0 Å². The summed E-state index contributed by atoms with van der Waals surface area (Å²) in [5.74, 6) is -1.45. The maximum absolute atomic E-state index is 13.1. The van der Waals surface area contributed by atoms with Crippen LogP contribution in [0.5, 0.6) is 5.75 Å². The van der Waals surface area contributed by atoms with E-state index in [-0.39, 0.29) is 16.9 Å². The lowest BCUT2D eigenvalue weighted by Gasteiger charge is -2.05. The zero-order valence-electron chi connectivity index (χ0n) is 7.11. The molecule has 0 fully saturated rings. The van der Waals surface area contributed by atoms with Crippen LogP contribution in [0.4, 0.5) is 4.39 Å². The highest BCUT2D eigenvalue weighted by atomic mass is 32.2. The van der Waals surface area contributed by atoms with Crippen LogP contribution in [0.2, 0.25) is 0 Å². The molecule has 1 aromatic carbocycles. The summed E-state index contributed by atoms with van der Waals surface area (Å²) in [5.41, 5.74) is -0.00416. The Labute approximate surface area is 82.3 Å². The van der Waals surface area contributed by atoms with Gasteiger partial charge >= 0.3 is 0 Å². The Morgan fingerprint density at radius 1 is 1.43 bits per heavy atom. The molecular weight excluding hydrogens is 211 g/mol. The topological polar surface area (TPSA) is 77.8 Å². The van der Waals surface area contributed by atoms with Crippen molar-refractivity contribution in [3.63, 3.8) is 0 Å². The van der Waals surface area contributed by atoms with E-state index < -0.39 is 29.3 Å². The van der Waals surface area contributed by atoms with Gasteiger partial charge in [-0.3, -0.25) is 0 Å². The minimum atomic E-state index is -2.08. The maximum Gasteiger partial charge on any atom is 0.157 e. The number of hydrogen-bond acceptors (Lipinski definition) is 3. The Kier molecular flexibility index (Phi) is 3.56. The van der Waals surface area contributed by atoms with E-state index in [1.165, 1.54) is 0 Å². The average molecular weight is 220 g/mol. The normalized spacial score (nSPS) is 12.8. The predicted molar refractivity (Wildman–Crippen MR) is 48.5 cm³/mol. The molecule has 1 unspecified atom stereocenters. The molecule has 0 saturated carbocycles. The van der Waals surface area contributed by atoms with Crippen LogP contribution in [0.25, 0.3) is 0 Å². The van der Waals surface area contributed by atoms with E-state index >= 15 is 0 Å². The van der Waals surface area contributed by atoms with Gasteiger partial charge in [-0.2, -0.15) is 0 Å². The zero-order chi connectivity index (χ0) is 10.7. The monoisotopic (exact) mass is 220 g/mol. The molecule has 6 heteroatoms. The standard InChI is InChI=1S/C8H9FO4S/c9-7-1-5(4-14(12)13)2-8(11)6(7)3-10/h1-2,10-11H,3-4H2,(H,12,13). The van der Waals surface area contributed by atoms with Gasteiger partial charge < -0.3 is 14.8 Å². The van der Waals surface area contributed by atoms with Crippen molar-refractivity contribution in [1.29, 1.82) is 0 Å². The Balaban J connectivity index is 3.07. The van der Waals surface area contributed by atoms with Gasteiger partial charge in [-0.25, -0.2) is 8.60 Å². The summed E-state index contributed by atoms with van der Waals surface area (Å²) in [7, 11) is 0. The minimum Gasteiger partial charge on any atom is -0.507 e. The lowest BCUT2D eigenvalue weighted by molar-refractivity contribution is 0.268. The Morgan fingerprint density at radius 2 is 2.07 bits per heavy atom. The van der Waals surface area contributed by atoms with Gasteiger partial charge in [0.25, 0.3) is 0 Å². The Morgan fingerprint density at radius 3 is 2.50 bits per heavy atom. The number of aromatic hydroxyl groups is 1. The van der Waals surface area contributed by atoms with E-state index in [1.54, 1.807) is 0 Å². The van der Waals surface area contributed by atoms with Crippen LogP contribution in [0, 0.1) is 5.82 Å². The molecule has 1 rings (SSSR count). The van der Waals surface area contributed by atoms with E-state index in [4.69, 9.17) is 9.66 Å². The first-order valence-electron chi connectivity index (χ1n) is 3.73. The summed E-state index contributed by atoms with van der Waals surface area (Å²) in [5, 5.41) is 17.9. The van der Waals surface area contributed by atoms with Crippen LogP contribution < -0.4 is 0 Å². The van der Waals surface area contributed by atoms with Crippen LogP contribution in [0.1, 0.15) is 11.1 Å². The van der Waals surface area contributed by atoms with Crippen molar-refractivity contribution in [2.75, 3.05) is 0 Å². The van der Waals surface area contributed by atoms with Crippen LogP contribution in [0.3, 0.4) is 0 Å². The van der Waals surface area contributed by atoms with Crippen molar-refractivity contribution >= 4 is 11.1 Å². The van der Waals surface area contributed by atoms with Gasteiger partial charge in [-0.05, 0) is 17.7 Å². The number of phenols is 1. The second-order valence-corrected chi connectivity index (χ2v) is 3.63. The van der Waals surface area contributed by atoms with Crippen molar-refractivity contribution in [3.8, 4) is 5.75 Å². The summed E-state index contributed by atoms with van der Waals surface area (Å²) in [6.45, 7) is -0.611. The molecule has 0 aliphatic rings. The largest absolute Gasteiger partial charge is 0.507 e. The van der Waals surface area contributed by atoms with Crippen molar-refractivity contribution in [2.24, 2.45) is 0 Å². The van der Waals surface area contributed by atoms with Crippen LogP contribution in [-0.4, -0.2) is 19.0 Å². The minimum absolute atomic E-state index is 0.207. The molecule has 0 saturated heterocycles. The first kappa shape index (κ1) is 11.1. The molecule has 14 heavy (non-hydrogen) atoms. The van der Waals surface area contributed by atoms with Gasteiger partial charge in [0.2, 0.25) is 0 Å². The van der Waals surface area contributed by atoms with E-state index in [9.17, 15) is 13.7 Å². The maximum atomic E-state index is 13.1. The van der Waals surface area contributed by atoms with Gasteiger partial charge in [0.05, 0.1) is 17.9 Å². The number of benzene rings is 1. The zero-order valence-corrected chi connectivity index (χ0v) is 7.92. The van der Waals surface area contributed by atoms with Gasteiger partial charge in [-0.15, -0.1) is 0 Å². The first-order valence-corrected chi connectivity index (χ1v) is 5.00. The number of aliphatic hydroxyl groups excluding tert-OH is 1. The molecule has 0 radical (unpaired) electrons. The molecule has 78 valence electrons. The number of rotatable bonds is 3. The Hall–Kier alpha value is -0.980. The number of aliphatic hydroxyl groups is 1. The molecule has 3 N–H and O–H groups in total. The fraction of sp³-hybridized carbons (Fsp3) is 0.250. The summed E-state index contributed by atoms with van der Waals surface area (Å²) >= 11 is -2.08. The van der Waals surface area contributed by atoms with Crippen molar-refractivity contribution in [1.82, 2.24) is 0 Å². The van der Waals surface area contributed by atoms with Gasteiger partial charge in [0.15, 0.2) is 11.1 Å². The molecule has 1 aromatic rings. The predicted octanol–water partition coefficient (Wildman–Crippen LogP) is 0.745. The van der Waals surface area contributed by atoms with Crippen LogP contribution in [-0.2, 0) is 23.4 Å². The summed E-state index contributed by atoms with van der Waals surface area (Å²) in [6, 6.07) is 2.17. The van der Waals surface area contributed by atoms with Crippen molar-refractivity contribution in [3.05, 3.63) is 29.1 Å². The second kappa shape index (κ2) is 4.50. The lowest BCUT2D eigenvalue weighted by Crippen LogP contribution is -1.97. The fourth-order valence-electron chi connectivity index (χ4n) is 1.06. The van der Waals surface area contributed by atoms with E-state index in [0.29, 0.717) is 0 Å². The summed E-state index contributed by atoms with van der Waals surface area (Å²) in [6.07, 6.45) is 0. The highest BCUT2D eigenvalue weighted by Gasteiger charge is 2.10. The van der Waals surface area contributed by atoms with Crippen molar-refractivity contribution in [2.45, 2.75) is 12.4 Å². The van der Waals surface area contributed by atoms with E-state index in [2.05, 4.69) is 0 Å². The van der Waals surface area contributed by atoms with E-state index in [1.807, 2.05) is 0 Å². The smallest absolute Gasteiger partial charge is 0.157 e. The fourth-order valence-corrected chi connectivity index (χ4v) is 1.51. The number of hydrogen-bond donors (Lipinski definition) is 3. The van der Waals surface area contributed by atoms with Gasteiger partial charge in [0, 0.05) is 0 Å². The third-order valence-corrected chi connectivity index (χ3v) is 2.26. The molecule has 0 spiro atoms. The molecule has 4 nitrogen and oxygen atoms in total. The molecule has 0 heterocycles.